The predicted molar refractivity (Wildman–Crippen MR) is 89.1 cm³/mol. The van der Waals surface area contributed by atoms with Crippen molar-refractivity contribution in [3.63, 3.8) is 0 Å². The first-order valence-corrected chi connectivity index (χ1v) is 10.6. The second-order valence-corrected chi connectivity index (χ2v) is 12.8. The first kappa shape index (κ1) is 20.1. The van der Waals surface area contributed by atoms with E-state index in [-0.39, 0.29) is 12.7 Å². The van der Waals surface area contributed by atoms with Gasteiger partial charge in [-0.2, -0.15) is 0 Å². The maximum atomic E-state index is 9.57. The van der Waals surface area contributed by atoms with Gasteiger partial charge >= 0.3 is 0 Å². The fraction of sp³-hybridized carbons (Fsp3) is 1.00. The quantitative estimate of drug-likeness (QED) is 0.501. The lowest BCUT2D eigenvalue weighted by atomic mass is 10.1. The minimum Gasteiger partial charge on any atom is -0.416 e. The fourth-order valence-electron chi connectivity index (χ4n) is 3.86. The van der Waals surface area contributed by atoms with E-state index in [2.05, 4.69) is 41.5 Å². The van der Waals surface area contributed by atoms with E-state index in [0.717, 1.165) is 6.42 Å². The van der Waals surface area contributed by atoms with E-state index in [4.69, 9.17) is 19.3 Å². The summed E-state index contributed by atoms with van der Waals surface area (Å²) in [6, 6.07) is 0. The molecule has 1 fully saturated rings. The third-order valence-corrected chi connectivity index (χ3v) is 11.0. The summed E-state index contributed by atoms with van der Waals surface area (Å²) in [5.41, 5.74) is 1.70. The molecule has 0 aromatic carbocycles. The van der Waals surface area contributed by atoms with E-state index in [1.165, 1.54) is 0 Å². The largest absolute Gasteiger partial charge is 0.416 e. The van der Waals surface area contributed by atoms with E-state index in [1.54, 1.807) is 0 Å². The Labute approximate surface area is 136 Å². The maximum absolute atomic E-state index is 9.57. The molecule has 0 aliphatic carbocycles. The average molecular weight is 335 g/mol. The smallest absolute Gasteiger partial charge is 0.200 e. The summed E-state index contributed by atoms with van der Waals surface area (Å²) in [5.74, 6) is 0. The van der Waals surface area contributed by atoms with Gasteiger partial charge in [-0.3, -0.25) is 0 Å². The standard InChI is InChI=1S/C16H34O5Si/c1-11(2)22(12(3)4,13(5)6)19-8-7-14-9-16(21-20-14)15(18)10-17/h11-18H,7-10H2,1-6H3/t14-,15-,16+/m0/s1. The van der Waals surface area contributed by atoms with Gasteiger partial charge in [0.1, 0.15) is 12.2 Å². The van der Waals surface area contributed by atoms with Crippen molar-refractivity contribution in [1.82, 2.24) is 0 Å². The van der Waals surface area contributed by atoms with Crippen LogP contribution in [-0.4, -0.2) is 50.1 Å². The molecule has 1 heterocycles. The normalized spacial score (nSPS) is 24.7. The van der Waals surface area contributed by atoms with Crippen LogP contribution >= 0.6 is 0 Å². The summed E-state index contributed by atoms with van der Waals surface area (Å²) in [4.78, 5) is 10.3. The average Bonchev–Trinajstić information content (AvgIpc) is 2.90. The number of hydrogen-bond donors (Lipinski definition) is 2. The SMILES string of the molecule is CC(C)[Si](OCC[C@H]1C[C@H]([C@@H](O)CO)OO1)(C(C)C)C(C)C. The van der Waals surface area contributed by atoms with Gasteiger partial charge in [0, 0.05) is 13.0 Å². The Morgan fingerprint density at radius 3 is 2.05 bits per heavy atom. The molecule has 0 bridgehead atoms. The molecule has 3 atom stereocenters. The number of aliphatic hydroxyl groups excluding tert-OH is 2. The van der Waals surface area contributed by atoms with E-state index in [0.29, 0.717) is 29.7 Å². The fourth-order valence-corrected chi connectivity index (χ4v) is 9.33. The van der Waals surface area contributed by atoms with Gasteiger partial charge in [0.05, 0.1) is 12.7 Å². The maximum Gasteiger partial charge on any atom is 0.200 e. The topological polar surface area (TPSA) is 68.2 Å². The number of hydrogen-bond acceptors (Lipinski definition) is 5. The van der Waals surface area contributed by atoms with Crippen molar-refractivity contribution in [1.29, 1.82) is 0 Å². The zero-order chi connectivity index (χ0) is 16.9. The van der Waals surface area contributed by atoms with Gasteiger partial charge in [0.2, 0.25) is 0 Å². The Morgan fingerprint density at radius 2 is 1.59 bits per heavy atom. The van der Waals surface area contributed by atoms with Crippen LogP contribution < -0.4 is 0 Å². The Hall–Kier alpha value is 0.0169. The monoisotopic (exact) mass is 334 g/mol. The number of aliphatic hydroxyl groups is 2. The summed E-state index contributed by atoms with van der Waals surface area (Å²) in [6.07, 6.45) is -0.0108. The molecule has 6 heteroatoms. The molecule has 1 aliphatic rings. The summed E-state index contributed by atoms with van der Waals surface area (Å²) in [7, 11) is -1.83. The molecule has 0 aromatic rings. The molecule has 0 aromatic heterocycles. The third kappa shape index (κ3) is 4.52. The number of rotatable bonds is 9. The van der Waals surface area contributed by atoms with Crippen LogP contribution in [-0.2, 0) is 14.2 Å². The van der Waals surface area contributed by atoms with Gasteiger partial charge in [-0.25, -0.2) is 9.78 Å². The molecule has 1 aliphatic heterocycles. The molecule has 0 unspecified atom stereocenters. The summed E-state index contributed by atoms with van der Waals surface area (Å²) in [6.45, 7) is 14.0. The Balaban J connectivity index is 2.51. The molecule has 0 saturated carbocycles. The highest BCUT2D eigenvalue weighted by molar-refractivity contribution is 6.77. The molecule has 22 heavy (non-hydrogen) atoms. The van der Waals surface area contributed by atoms with Gasteiger partial charge in [-0.1, -0.05) is 41.5 Å². The van der Waals surface area contributed by atoms with Crippen molar-refractivity contribution in [2.75, 3.05) is 13.2 Å². The first-order valence-electron chi connectivity index (χ1n) is 8.50. The molecule has 132 valence electrons. The summed E-state index contributed by atoms with van der Waals surface area (Å²) < 4.78 is 6.49. The minimum absolute atomic E-state index is 0.0654. The van der Waals surface area contributed by atoms with Crippen LogP contribution in [0.2, 0.25) is 16.6 Å². The van der Waals surface area contributed by atoms with Crippen molar-refractivity contribution < 1.29 is 24.4 Å². The van der Waals surface area contributed by atoms with Gasteiger partial charge < -0.3 is 14.6 Å². The second-order valence-electron chi connectivity index (χ2n) is 7.29. The van der Waals surface area contributed by atoms with E-state index in [1.807, 2.05) is 0 Å². The van der Waals surface area contributed by atoms with Crippen molar-refractivity contribution in [2.45, 2.75) is 89.3 Å². The van der Waals surface area contributed by atoms with Crippen molar-refractivity contribution >= 4 is 8.32 Å². The lowest BCUT2D eigenvalue weighted by Gasteiger charge is -2.42. The second kappa shape index (κ2) is 8.75. The summed E-state index contributed by atoms with van der Waals surface area (Å²) in [5, 5.41) is 18.5. The molecule has 2 N–H and O–H groups in total. The molecule has 1 rings (SSSR count). The lowest BCUT2D eigenvalue weighted by Crippen LogP contribution is -2.48. The Morgan fingerprint density at radius 1 is 1.05 bits per heavy atom. The van der Waals surface area contributed by atoms with Crippen LogP contribution in [0, 0.1) is 0 Å². The van der Waals surface area contributed by atoms with Gasteiger partial charge in [0.25, 0.3) is 0 Å². The molecule has 0 spiro atoms. The van der Waals surface area contributed by atoms with Crippen LogP contribution in [0.1, 0.15) is 54.4 Å². The Bertz CT molecular complexity index is 300. The van der Waals surface area contributed by atoms with Crippen LogP contribution in [0.15, 0.2) is 0 Å². The third-order valence-electron chi connectivity index (χ3n) is 4.93. The van der Waals surface area contributed by atoms with Gasteiger partial charge in [-0.15, -0.1) is 0 Å². The van der Waals surface area contributed by atoms with Crippen LogP contribution in [0.25, 0.3) is 0 Å². The molecule has 1 saturated heterocycles. The molecule has 0 amide bonds. The van der Waals surface area contributed by atoms with Crippen molar-refractivity contribution in [2.24, 2.45) is 0 Å². The highest BCUT2D eigenvalue weighted by atomic mass is 28.4. The zero-order valence-corrected chi connectivity index (χ0v) is 15.9. The minimum atomic E-state index is -1.83. The van der Waals surface area contributed by atoms with Crippen LogP contribution in [0.4, 0.5) is 0 Å². The van der Waals surface area contributed by atoms with Crippen molar-refractivity contribution in [3.05, 3.63) is 0 Å². The lowest BCUT2D eigenvalue weighted by molar-refractivity contribution is -0.309. The van der Waals surface area contributed by atoms with Gasteiger partial charge in [-0.05, 0) is 23.0 Å². The molecule has 5 nitrogen and oxygen atoms in total. The van der Waals surface area contributed by atoms with E-state index < -0.39 is 20.5 Å². The van der Waals surface area contributed by atoms with Crippen molar-refractivity contribution in [3.8, 4) is 0 Å². The molecule has 0 radical (unpaired) electrons. The van der Waals surface area contributed by atoms with E-state index >= 15 is 0 Å². The van der Waals surface area contributed by atoms with Crippen LogP contribution in [0.3, 0.4) is 0 Å². The highest BCUT2D eigenvalue weighted by Gasteiger charge is 2.45. The summed E-state index contributed by atoms with van der Waals surface area (Å²) >= 11 is 0. The highest BCUT2D eigenvalue weighted by Crippen LogP contribution is 2.42. The van der Waals surface area contributed by atoms with Gasteiger partial charge in [0.15, 0.2) is 8.32 Å². The van der Waals surface area contributed by atoms with Crippen LogP contribution in [0.5, 0.6) is 0 Å². The first-order chi connectivity index (χ1) is 10.3. The molecular formula is C16H34O5Si. The molecular weight excluding hydrogens is 300 g/mol. The zero-order valence-electron chi connectivity index (χ0n) is 14.9. The Kier molecular flexibility index (Phi) is 7.98. The van der Waals surface area contributed by atoms with E-state index in [9.17, 15) is 5.11 Å². The predicted octanol–water partition coefficient (Wildman–Crippen LogP) is 3.01.